The number of nitrogens with two attached hydrogens (primary N) is 1. The Balaban J connectivity index is 3.29. The second kappa shape index (κ2) is 8.47. The zero-order chi connectivity index (χ0) is 20.1. The molecule has 0 saturated heterocycles. The average Bonchev–Trinajstić information content (AvgIpc) is 2.52. The maximum atomic E-state index is 12.9. The van der Waals surface area contributed by atoms with E-state index < -0.39 is 34.3 Å². The number of Topliss-reactive ketones (excluding diaryl/α,β-unsaturated/α-hetero) is 1. The van der Waals surface area contributed by atoms with Crippen LogP contribution in [0.2, 0.25) is 0 Å². The van der Waals surface area contributed by atoms with Crippen LogP contribution in [0.4, 0.5) is 0 Å². The predicted molar refractivity (Wildman–Crippen MR) is 102 cm³/mol. The maximum absolute atomic E-state index is 12.9. The highest BCUT2D eigenvalue weighted by atomic mass is 32.2. The molecule has 1 aromatic carbocycles. The minimum absolute atomic E-state index is 0.0241. The number of hydrogen-bond acceptors (Lipinski definition) is 4. The molecule has 1 atom stereocenters. The van der Waals surface area contributed by atoms with Gasteiger partial charge in [0.05, 0.1) is 12.3 Å². The fourth-order valence-corrected chi connectivity index (χ4v) is 4.10. The van der Waals surface area contributed by atoms with Gasteiger partial charge in [0.25, 0.3) is 0 Å². The molecule has 1 rings (SSSR count). The van der Waals surface area contributed by atoms with Gasteiger partial charge in [-0.2, -0.15) is 4.31 Å². The van der Waals surface area contributed by atoms with Gasteiger partial charge in [-0.3, -0.25) is 9.59 Å². The van der Waals surface area contributed by atoms with Crippen molar-refractivity contribution in [3.05, 3.63) is 35.4 Å². The van der Waals surface area contributed by atoms with Crippen molar-refractivity contribution in [2.75, 3.05) is 6.54 Å². The second-order valence-corrected chi connectivity index (χ2v) is 9.00. The van der Waals surface area contributed by atoms with Crippen molar-refractivity contribution >= 4 is 21.7 Å². The molecule has 0 aromatic heterocycles. The van der Waals surface area contributed by atoms with Crippen LogP contribution in [0.1, 0.15) is 45.2 Å². The Morgan fingerprint density at radius 3 is 2.38 bits per heavy atom. The first-order chi connectivity index (χ1) is 11.9. The van der Waals surface area contributed by atoms with Crippen LogP contribution in [0.3, 0.4) is 0 Å². The smallest absolute Gasteiger partial charge is 0.243 e. The van der Waals surface area contributed by atoms with E-state index in [2.05, 4.69) is 5.92 Å². The van der Waals surface area contributed by atoms with Crippen molar-refractivity contribution in [3.8, 4) is 12.3 Å². The monoisotopic (exact) mass is 378 g/mol. The first-order valence-corrected chi connectivity index (χ1v) is 9.89. The van der Waals surface area contributed by atoms with Crippen molar-refractivity contribution in [2.24, 2.45) is 5.73 Å². The number of sulfonamides is 1. The number of carbonyl (C=O) groups is 2. The molecule has 0 saturated carbocycles. The number of nitrogens with zero attached hydrogens (tertiary/aromatic N) is 1. The minimum Gasteiger partial charge on any atom is -0.368 e. The summed E-state index contributed by atoms with van der Waals surface area (Å²) >= 11 is 0. The summed E-state index contributed by atoms with van der Waals surface area (Å²) in [6.45, 7) is 7.20. The zero-order valence-electron chi connectivity index (χ0n) is 15.7. The lowest BCUT2D eigenvalue weighted by Crippen LogP contribution is -2.52. The summed E-state index contributed by atoms with van der Waals surface area (Å²) in [4.78, 5) is 23.8. The molecular weight excluding hydrogens is 352 g/mol. The number of amides is 1. The highest BCUT2D eigenvalue weighted by molar-refractivity contribution is 7.88. The van der Waals surface area contributed by atoms with Gasteiger partial charge in [-0.15, -0.1) is 6.42 Å². The van der Waals surface area contributed by atoms with Crippen molar-refractivity contribution in [2.45, 2.75) is 51.3 Å². The first-order valence-electron chi connectivity index (χ1n) is 8.28. The lowest BCUT2D eigenvalue weighted by molar-refractivity contribution is -0.131. The normalized spacial score (nSPS) is 13.2. The highest BCUT2D eigenvalue weighted by Gasteiger charge is 2.37. The molecule has 0 bridgehead atoms. The van der Waals surface area contributed by atoms with E-state index in [0.717, 1.165) is 9.87 Å². The van der Waals surface area contributed by atoms with Crippen LogP contribution in [-0.4, -0.2) is 37.0 Å². The number of ketones is 1. The van der Waals surface area contributed by atoms with E-state index in [1.165, 1.54) is 6.92 Å². The molecule has 1 amide bonds. The van der Waals surface area contributed by atoms with Crippen molar-refractivity contribution < 1.29 is 18.0 Å². The van der Waals surface area contributed by atoms with Crippen LogP contribution in [-0.2, 0) is 30.8 Å². The van der Waals surface area contributed by atoms with Gasteiger partial charge in [0.15, 0.2) is 11.8 Å². The van der Waals surface area contributed by atoms with Crippen LogP contribution < -0.4 is 5.73 Å². The Morgan fingerprint density at radius 2 is 1.92 bits per heavy atom. The number of primary amides is 1. The van der Waals surface area contributed by atoms with Crippen molar-refractivity contribution in [1.82, 2.24) is 4.31 Å². The van der Waals surface area contributed by atoms with Gasteiger partial charge in [-0.05, 0) is 16.5 Å². The van der Waals surface area contributed by atoms with E-state index in [9.17, 15) is 18.0 Å². The first kappa shape index (κ1) is 21.9. The van der Waals surface area contributed by atoms with Crippen LogP contribution >= 0.6 is 0 Å². The van der Waals surface area contributed by atoms with E-state index in [4.69, 9.17) is 12.2 Å². The Bertz CT molecular complexity index is 817. The second-order valence-electron chi connectivity index (χ2n) is 7.08. The van der Waals surface area contributed by atoms with Gasteiger partial charge in [-0.1, -0.05) is 57.9 Å². The number of rotatable bonds is 8. The van der Waals surface area contributed by atoms with Gasteiger partial charge in [0.2, 0.25) is 15.9 Å². The maximum Gasteiger partial charge on any atom is 0.243 e. The third-order valence-corrected chi connectivity index (χ3v) is 5.71. The lowest BCUT2D eigenvalue weighted by Gasteiger charge is -2.26. The van der Waals surface area contributed by atoms with Crippen LogP contribution in [0, 0.1) is 12.3 Å². The third-order valence-electron chi connectivity index (χ3n) is 3.96. The third kappa shape index (κ3) is 5.41. The summed E-state index contributed by atoms with van der Waals surface area (Å²) in [5, 5.41) is 0. The van der Waals surface area contributed by atoms with Crippen molar-refractivity contribution in [1.29, 1.82) is 0 Å². The molecule has 0 aliphatic heterocycles. The molecule has 2 N–H and O–H groups in total. The molecule has 0 heterocycles. The Labute approximate surface area is 155 Å². The van der Waals surface area contributed by atoms with E-state index in [0.29, 0.717) is 5.56 Å². The quantitative estimate of drug-likeness (QED) is 0.548. The lowest BCUT2D eigenvalue weighted by atomic mass is 9.86. The van der Waals surface area contributed by atoms with Crippen molar-refractivity contribution in [3.63, 3.8) is 0 Å². The molecule has 142 valence electrons. The molecule has 0 fully saturated rings. The van der Waals surface area contributed by atoms with E-state index in [1.54, 1.807) is 18.2 Å². The van der Waals surface area contributed by atoms with E-state index in [1.807, 2.05) is 26.8 Å². The number of hydrogen-bond donors (Lipinski definition) is 1. The van der Waals surface area contributed by atoms with Gasteiger partial charge >= 0.3 is 0 Å². The summed E-state index contributed by atoms with van der Waals surface area (Å²) < 4.78 is 26.5. The van der Waals surface area contributed by atoms with Crippen LogP contribution in [0.15, 0.2) is 24.3 Å². The largest absolute Gasteiger partial charge is 0.368 e. The molecule has 0 spiro atoms. The minimum atomic E-state index is -4.03. The molecule has 1 aromatic rings. The van der Waals surface area contributed by atoms with Gasteiger partial charge in [0.1, 0.15) is 0 Å². The van der Waals surface area contributed by atoms with Gasteiger partial charge in [0, 0.05) is 6.42 Å². The fourth-order valence-electron chi connectivity index (χ4n) is 2.52. The summed E-state index contributed by atoms with van der Waals surface area (Å²) in [6, 6.07) is 5.59. The topological polar surface area (TPSA) is 97.5 Å². The van der Waals surface area contributed by atoms with Crippen LogP contribution in [0.5, 0.6) is 0 Å². The van der Waals surface area contributed by atoms with Crippen LogP contribution in [0.25, 0.3) is 0 Å². The Morgan fingerprint density at radius 1 is 1.31 bits per heavy atom. The number of carbonyl (C=O) groups excluding carboxylic acids is 2. The van der Waals surface area contributed by atoms with E-state index >= 15 is 0 Å². The number of benzene rings is 1. The standard InChI is InChI=1S/C19H26N2O4S/c1-6-11-21(17(18(20)23)16(22)7-2)26(24,25)13-14-9-8-10-15(12-14)19(3,4)5/h1,8-10,12,17H,7,11,13H2,2-5H3,(H2,20,23). The zero-order valence-corrected chi connectivity index (χ0v) is 16.5. The molecule has 7 heteroatoms. The average molecular weight is 378 g/mol. The number of terminal acetylenes is 1. The highest BCUT2D eigenvalue weighted by Crippen LogP contribution is 2.24. The SMILES string of the molecule is C#CCN(C(C(N)=O)C(=O)CC)S(=O)(=O)Cc1cccc(C(C)(C)C)c1. The summed E-state index contributed by atoms with van der Waals surface area (Å²) in [5.41, 5.74) is 6.66. The molecule has 26 heavy (non-hydrogen) atoms. The van der Waals surface area contributed by atoms with Gasteiger partial charge in [-0.25, -0.2) is 8.42 Å². The molecule has 0 aliphatic rings. The van der Waals surface area contributed by atoms with Gasteiger partial charge < -0.3 is 5.73 Å². The molecule has 1 unspecified atom stereocenters. The summed E-state index contributed by atoms with van der Waals surface area (Å²) in [6.07, 6.45) is 5.24. The van der Waals surface area contributed by atoms with E-state index in [-0.39, 0.29) is 17.6 Å². The molecule has 0 aliphatic carbocycles. The Kier molecular flexibility index (Phi) is 7.13. The summed E-state index contributed by atoms with van der Waals surface area (Å²) in [5.74, 6) is 0.209. The Hall–Kier alpha value is -2.17. The summed E-state index contributed by atoms with van der Waals surface area (Å²) in [7, 11) is -4.03. The molecule has 0 radical (unpaired) electrons. The fraction of sp³-hybridized carbons (Fsp3) is 0.474. The predicted octanol–water partition coefficient (Wildman–Crippen LogP) is 1.58. The molecular formula is C19H26N2O4S. The molecule has 6 nitrogen and oxygen atoms in total.